The van der Waals surface area contributed by atoms with Crippen LogP contribution in [-0.2, 0) is 16.0 Å². The second kappa shape index (κ2) is 10.7. The summed E-state index contributed by atoms with van der Waals surface area (Å²) in [5.74, 6) is 2.70. The fraction of sp³-hybridized carbons (Fsp3) is 0.391. The van der Waals surface area contributed by atoms with Crippen molar-refractivity contribution >= 4 is 35.0 Å². The zero-order chi connectivity index (χ0) is 23.2. The smallest absolute Gasteiger partial charge is 0.205 e. The van der Waals surface area contributed by atoms with Gasteiger partial charge in [-0.1, -0.05) is 12.1 Å². The number of nitrogens with one attached hydrogen (secondary N) is 2. The highest BCUT2D eigenvalue weighted by atomic mass is 32.2. The van der Waals surface area contributed by atoms with Crippen LogP contribution in [0.2, 0.25) is 0 Å². The molecule has 0 aliphatic carbocycles. The van der Waals surface area contributed by atoms with Gasteiger partial charge in [-0.2, -0.15) is 5.10 Å². The topological polar surface area (TPSA) is 105 Å². The number of ether oxygens (including phenoxy) is 2. The fourth-order valence-electron chi connectivity index (χ4n) is 3.49. The maximum atomic E-state index is 11.4. The van der Waals surface area contributed by atoms with E-state index in [1.165, 1.54) is 11.8 Å². The highest BCUT2D eigenvalue weighted by molar-refractivity contribution is 7.99. The lowest BCUT2D eigenvalue weighted by molar-refractivity contribution is -0.116. The molecule has 1 saturated heterocycles. The van der Waals surface area contributed by atoms with Crippen LogP contribution in [0.5, 0.6) is 5.75 Å². The van der Waals surface area contributed by atoms with E-state index in [0.29, 0.717) is 48.8 Å². The monoisotopic (exact) mass is 468 g/mol. The van der Waals surface area contributed by atoms with Gasteiger partial charge in [0.25, 0.3) is 0 Å². The van der Waals surface area contributed by atoms with E-state index in [1.807, 2.05) is 44.2 Å². The van der Waals surface area contributed by atoms with Crippen LogP contribution in [-0.4, -0.2) is 58.9 Å². The zero-order valence-corrected chi connectivity index (χ0v) is 19.9. The summed E-state index contributed by atoms with van der Waals surface area (Å²) < 4.78 is 11.5. The summed E-state index contributed by atoms with van der Waals surface area (Å²) >= 11 is 1.46. The lowest BCUT2D eigenvalue weighted by Gasteiger charge is -2.30. The largest absolute Gasteiger partial charge is 0.487 e. The van der Waals surface area contributed by atoms with Gasteiger partial charge in [-0.15, -0.1) is 0 Å². The van der Waals surface area contributed by atoms with Gasteiger partial charge in [0.1, 0.15) is 5.78 Å². The number of aromatic amines is 1. The van der Waals surface area contributed by atoms with Gasteiger partial charge in [0.2, 0.25) is 5.75 Å². The first-order valence-corrected chi connectivity index (χ1v) is 11.8. The quantitative estimate of drug-likeness (QED) is 0.454. The van der Waals surface area contributed by atoms with E-state index in [1.54, 1.807) is 6.92 Å². The predicted molar refractivity (Wildman–Crippen MR) is 128 cm³/mol. The summed E-state index contributed by atoms with van der Waals surface area (Å²) in [6, 6.07) is 9.81. The van der Waals surface area contributed by atoms with Crippen LogP contribution in [0.3, 0.4) is 0 Å². The molecule has 33 heavy (non-hydrogen) atoms. The van der Waals surface area contributed by atoms with Crippen molar-refractivity contribution in [2.75, 3.05) is 43.1 Å². The SMILES string of the molecule is CCOc1c(Nc2cc(C)[nH]n2)nc(Sc2ccc(CC(C)=O)cc2)nc1N1CCOCC1. The molecule has 10 heteroatoms. The summed E-state index contributed by atoms with van der Waals surface area (Å²) in [5, 5.41) is 11.1. The summed E-state index contributed by atoms with van der Waals surface area (Å²) in [5.41, 5.74) is 1.93. The van der Waals surface area contributed by atoms with E-state index in [2.05, 4.69) is 20.4 Å². The number of carbonyl (C=O) groups excluding carboxylic acids is 1. The zero-order valence-electron chi connectivity index (χ0n) is 19.1. The molecule has 3 aromatic rings. The van der Waals surface area contributed by atoms with Gasteiger partial charge in [0.05, 0.1) is 19.8 Å². The van der Waals surface area contributed by atoms with Gasteiger partial charge in [0.15, 0.2) is 22.6 Å². The molecule has 2 aromatic heterocycles. The summed E-state index contributed by atoms with van der Waals surface area (Å²) in [6.07, 6.45) is 0.433. The molecule has 1 fully saturated rings. The number of nitrogens with zero attached hydrogens (tertiary/aromatic N) is 4. The van der Waals surface area contributed by atoms with E-state index in [-0.39, 0.29) is 5.78 Å². The molecule has 0 radical (unpaired) electrons. The Morgan fingerprint density at radius 3 is 2.64 bits per heavy atom. The Kier molecular flexibility index (Phi) is 7.46. The third-order valence-electron chi connectivity index (χ3n) is 4.96. The Hall–Kier alpha value is -3.11. The van der Waals surface area contributed by atoms with E-state index in [0.717, 1.165) is 35.1 Å². The molecule has 0 amide bonds. The molecular weight excluding hydrogens is 440 g/mol. The first-order chi connectivity index (χ1) is 16.0. The number of aromatic nitrogens is 4. The van der Waals surface area contributed by atoms with Crippen LogP contribution in [0.15, 0.2) is 40.4 Å². The van der Waals surface area contributed by atoms with Crippen molar-refractivity contribution in [2.24, 2.45) is 0 Å². The first kappa shape index (κ1) is 23.1. The van der Waals surface area contributed by atoms with Crippen molar-refractivity contribution in [3.63, 3.8) is 0 Å². The van der Waals surface area contributed by atoms with Crippen LogP contribution in [0.4, 0.5) is 17.5 Å². The number of benzene rings is 1. The maximum absolute atomic E-state index is 11.4. The normalized spacial score (nSPS) is 13.7. The molecule has 0 bridgehead atoms. The number of anilines is 3. The van der Waals surface area contributed by atoms with Crippen LogP contribution in [0, 0.1) is 6.92 Å². The van der Waals surface area contributed by atoms with E-state index in [9.17, 15) is 4.79 Å². The number of ketones is 1. The van der Waals surface area contributed by atoms with Gasteiger partial charge < -0.3 is 19.7 Å². The van der Waals surface area contributed by atoms with Crippen LogP contribution < -0.4 is 15.0 Å². The average molecular weight is 469 g/mol. The highest BCUT2D eigenvalue weighted by Crippen LogP contribution is 2.38. The van der Waals surface area contributed by atoms with Gasteiger partial charge in [-0.3, -0.25) is 9.89 Å². The van der Waals surface area contributed by atoms with Crippen molar-refractivity contribution in [3.05, 3.63) is 41.6 Å². The molecule has 0 saturated carbocycles. The van der Waals surface area contributed by atoms with E-state index in [4.69, 9.17) is 19.4 Å². The minimum Gasteiger partial charge on any atom is -0.487 e. The van der Waals surface area contributed by atoms with Gasteiger partial charge in [-0.25, -0.2) is 9.97 Å². The molecule has 0 unspecified atom stereocenters. The van der Waals surface area contributed by atoms with Gasteiger partial charge >= 0.3 is 0 Å². The Labute approximate surface area is 197 Å². The van der Waals surface area contributed by atoms with Crippen molar-refractivity contribution in [3.8, 4) is 5.75 Å². The molecule has 0 atom stereocenters. The van der Waals surface area contributed by atoms with Crippen LogP contribution in [0.1, 0.15) is 25.1 Å². The summed E-state index contributed by atoms with van der Waals surface area (Å²) in [6.45, 7) is 8.68. The Morgan fingerprint density at radius 1 is 1.24 bits per heavy atom. The van der Waals surface area contributed by atoms with Crippen molar-refractivity contribution < 1.29 is 14.3 Å². The van der Waals surface area contributed by atoms with Gasteiger partial charge in [0, 0.05) is 36.2 Å². The third-order valence-corrected chi connectivity index (χ3v) is 5.84. The molecule has 1 aromatic carbocycles. The molecule has 1 aliphatic rings. The fourth-order valence-corrected chi connectivity index (χ4v) is 4.24. The molecule has 2 N–H and O–H groups in total. The first-order valence-electron chi connectivity index (χ1n) is 10.9. The number of aryl methyl sites for hydroxylation is 1. The number of Topliss-reactive ketones (excluding diaryl/α,β-unsaturated/α-hetero) is 1. The Bertz CT molecular complexity index is 1100. The standard InChI is InChI=1S/C23H28N6O3S/c1-4-32-20-21(24-19-13-15(2)27-28-19)25-23(26-22(20)29-9-11-31-12-10-29)33-18-7-5-17(6-8-18)14-16(3)30/h5-8,13H,4,9-12,14H2,1-3H3,(H2,24,25,26,27,28). The molecular formula is C23H28N6O3S. The van der Waals surface area contributed by atoms with E-state index >= 15 is 0 Å². The van der Waals surface area contributed by atoms with Crippen molar-refractivity contribution in [1.82, 2.24) is 20.2 Å². The van der Waals surface area contributed by atoms with E-state index < -0.39 is 0 Å². The Morgan fingerprint density at radius 2 is 2.00 bits per heavy atom. The van der Waals surface area contributed by atoms with Crippen molar-refractivity contribution in [2.45, 2.75) is 37.2 Å². The van der Waals surface area contributed by atoms with Gasteiger partial charge in [-0.05, 0) is 50.2 Å². The molecule has 3 heterocycles. The minimum absolute atomic E-state index is 0.143. The summed E-state index contributed by atoms with van der Waals surface area (Å²) in [7, 11) is 0. The number of hydrogen-bond acceptors (Lipinski definition) is 9. The molecule has 4 rings (SSSR count). The second-order valence-electron chi connectivity index (χ2n) is 7.73. The number of rotatable bonds is 9. The maximum Gasteiger partial charge on any atom is 0.205 e. The minimum atomic E-state index is 0.143. The lowest BCUT2D eigenvalue weighted by atomic mass is 10.1. The number of morpholine rings is 1. The van der Waals surface area contributed by atoms with Crippen LogP contribution >= 0.6 is 11.8 Å². The molecule has 174 valence electrons. The molecule has 9 nitrogen and oxygen atoms in total. The predicted octanol–water partition coefficient (Wildman–Crippen LogP) is 3.77. The summed E-state index contributed by atoms with van der Waals surface area (Å²) in [4.78, 5) is 24.2. The lowest BCUT2D eigenvalue weighted by Crippen LogP contribution is -2.37. The molecule has 0 spiro atoms. The number of H-pyrrole nitrogens is 1. The Balaban J connectivity index is 1.69. The second-order valence-corrected chi connectivity index (χ2v) is 8.77. The number of carbonyl (C=O) groups is 1. The van der Waals surface area contributed by atoms with Crippen LogP contribution in [0.25, 0.3) is 0 Å². The highest BCUT2D eigenvalue weighted by Gasteiger charge is 2.24. The van der Waals surface area contributed by atoms with Crippen molar-refractivity contribution in [1.29, 1.82) is 0 Å². The average Bonchev–Trinajstić information content (AvgIpc) is 3.21. The third kappa shape index (κ3) is 6.02. The molecule has 1 aliphatic heterocycles. The number of hydrogen-bond donors (Lipinski definition) is 2.